The number of nitrogens with one attached hydrogen (secondary N) is 2. The molecule has 28 heavy (non-hydrogen) atoms. The zero-order chi connectivity index (χ0) is 19.9. The van der Waals surface area contributed by atoms with E-state index in [-0.39, 0.29) is 44.5 Å². The number of nitrogens with zero attached hydrogens (tertiary/aromatic N) is 1. The molecule has 1 aromatic rings. The Morgan fingerprint density at radius 1 is 1.11 bits per heavy atom. The van der Waals surface area contributed by atoms with Crippen LogP contribution in [-0.2, 0) is 35.2 Å². The number of carbonyl (C=O) groups excluding carboxylic acids is 4. The van der Waals surface area contributed by atoms with E-state index >= 15 is 0 Å². The molecule has 0 radical (unpaired) electrons. The van der Waals surface area contributed by atoms with E-state index < -0.39 is 18.0 Å². The number of ether oxygens (including phenoxy) is 3. The zero-order valence-electron chi connectivity index (χ0n) is 15.1. The maximum absolute atomic E-state index is 11.7. The summed E-state index contributed by atoms with van der Waals surface area (Å²) in [6.45, 7) is -0.158. The molecule has 0 aromatic heterocycles. The van der Waals surface area contributed by atoms with Crippen LogP contribution < -0.4 is 10.6 Å². The first-order valence-electron chi connectivity index (χ1n) is 8.83. The molecular weight excluding hydrogens is 370 g/mol. The van der Waals surface area contributed by atoms with Gasteiger partial charge in [0.15, 0.2) is 0 Å². The number of hydrogen-bond acceptors (Lipinski definition) is 7. The lowest BCUT2D eigenvalue weighted by molar-refractivity contribution is -0.159. The summed E-state index contributed by atoms with van der Waals surface area (Å²) in [6.07, 6.45) is -0.929. The molecule has 0 aliphatic carbocycles. The van der Waals surface area contributed by atoms with E-state index in [9.17, 15) is 19.2 Å². The Morgan fingerprint density at radius 2 is 1.89 bits per heavy atom. The number of fused-ring (bicyclic) bond motifs is 1. The standard InChI is InChI=1S/C18H21N3O7/c22-14(7-20-18(25)27-10-12-4-2-1-3-5-12)19-8-17(24)26-11-13-9-21-15(23)6-16(21)28-13/h1-5,13,16H,6-11H2,(H,19,22)(H,20,25). The predicted molar refractivity (Wildman–Crippen MR) is 93.6 cm³/mol. The summed E-state index contributed by atoms with van der Waals surface area (Å²) >= 11 is 0. The van der Waals surface area contributed by atoms with Crippen molar-refractivity contribution in [2.45, 2.75) is 25.4 Å². The fourth-order valence-electron chi connectivity index (χ4n) is 2.74. The minimum absolute atomic E-state index is 0.0129. The Labute approximate surface area is 161 Å². The third-order valence-electron chi connectivity index (χ3n) is 4.23. The first kappa shape index (κ1) is 19.6. The van der Waals surface area contributed by atoms with Crippen LogP contribution in [0.4, 0.5) is 4.79 Å². The molecule has 150 valence electrons. The fourth-order valence-corrected chi connectivity index (χ4v) is 2.74. The van der Waals surface area contributed by atoms with Gasteiger partial charge in [0.2, 0.25) is 11.8 Å². The van der Waals surface area contributed by atoms with Gasteiger partial charge in [-0.2, -0.15) is 0 Å². The summed E-state index contributed by atoms with van der Waals surface area (Å²) < 4.78 is 15.5. The van der Waals surface area contributed by atoms with Crippen molar-refractivity contribution in [3.05, 3.63) is 35.9 Å². The Hall–Kier alpha value is -3.14. The molecular formula is C18H21N3O7. The molecule has 2 N–H and O–H groups in total. The van der Waals surface area contributed by atoms with Crippen LogP contribution in [0.2, 0.25) is 0 Å². The van der Waals surface area contributed by atoms with Gasteiger partial charge in [0.25, 0.3) is 0 Å². The fraction of sp³-hybridized carbons (Fsp3) is 0.444. The van der Waals surface area contributed by atoms with Gasteiger partial charge in [0.1, 0.15) is 38.6 Å². The molecule has 2 heterocycles. The third-order valence-corrected chi connectivity index (χ3v) is 4.23. The van der Waals surface area contributed by atoms with Gasteiger partial charge in [-0.15, -0.1) is 0 Å². The molecule has 10 nitrogen and oxygen atoms in total. The molecule has 1 aromatic carbocycles. The van der Waals surface area contributed by atoms with Gasteiger partial charge in [-0.05, 0) is 5.56 Å². The van der Waals surface area contributed by atoms with Crippen LogP contribution in [0.1, 0.15) is 12.0 Å². The Kier molecular flexibility index (Phi) is 6.43. The van der Waals surface area contributed by atoms with Gasteiger partial charge in [-0.25, -0.2) is 4.79 Å². The van der Waals surface area contributed by atoms with Gasteiger partial charge < -0.3 is 29.7 Å². The summed E-state index contributed by atoms with van der Waals surface area (Å²) in [5, 5.41) is 4.63. The lowest BCUT2D eigenvalue weighted by Gasteiger charge is -2.31. The van der Waals surface area contributed by atoms with Crippen molar-refractivity contribution in [3.63, 3.8) is 0 Å². The van der Waals surface area contributed by atoms with Crippen molar-refractivity contribution in [2.75, 3.05) is 26.2 Å². The number of amides is 3. The van der Waals surface area contributed by atoms with E-state index in [4.69, 9.17) is 14.2 Å². The van der Waals surface area contributed by atoms with Gasteiger partial charge in [0.05, 0.1) is 13.0 Å². The highest BCUT2D eigenvalue weighted by molar-refractivity contribution is 5.85. The minimum atomic E-state index is -0.737. The largest absolute Gasteiger partial charge is 0.462 e. The first-order chi connectivity index (χ1) is 13.5. The second-order valence-electron chi connectivity index (χ2n) is 6.34. The molecule has 2 fully saturated rings. The Morgan fingerprint density at radius 3 is 2.61 bits per heavy atom. The molecule has 10 heteroatoms. The van der Waals surface area contributed by atoms with E-state index in [2.05, 4.69) is 10.6 Å². The number of esters is 1. The Balaban J connectivity index is 1.23. The van der Waals surface area contributed by atoms with Crippen molar-refractivity contribution in [1.82, 2.24) is 15.5 Å². The highest BCUT2D eigenvalue weighted by Gasteiger charge is 2.45. The summed E-state index contributed by atoms with van der Waals surface area (Å²) in [7, 11) is 0. The highest BCUT2D eigenvalue weighted by Crippen LogP contribution is 2.28. The number of carbonyl (C=O) groups is 4. The molecule has 3 amide bonds. The third kappa shape index (κ3) is 5.43. The molecule has 2 saturated heterocycles. The average Bonchev–Trinajstić information content (AvgIpc) is 3.04. The van der Waals surface area contributed by atoms with Crippen molar-refractivity contribution >= 4 is 23.9 Å². The molecule has 2 unspecified atom stereocenters. The molecule has 2 aliphatic heterocycles. The number of β-lactam (4-membered cyclic amide) rings is 1. The normalized spacial score (nSPS) is 20.0. The van der Waals surface area contributed by atoms with Crippen LogP contribution >= 0.6 is 0 Å². The number of alkyl carbamates (subject to hydrolysis) is 1. The molecule has 2 atom stereocenters. The van der Waals surface area contributed by atoms with E-state index in [1.54, 1.807) is 4.90 Å². The van der Waals surface area contributed by atoms with E-state index in [0.29, 0.717) is 13.0 Å². The lowest BCUT2D eigenvalue weighted by atomic mass is 10.2. The molecule has 0 bridgehead atoms. The first-order valence-corrected chi connectivity index (χ1v) is 8.83. The smallest absolute Gasteiger partial charge is 0.407 e. The van der Waals surface area contributed by atoms with E-state index in [1.807, 2.05) is 30.3 Å². The molecule has 0 saturated carbocycles. The van der Waals surface area contributed by atoms with Crippen molar-refractivity contribution in [3.8, 4) is 0 Å². The summed E-state index contributed by atoms with van der Waals surface area (Å²) in [5.41, 5.74) is 0.824. The number of hydrogen-bond donors (Lipinski definition) is 2. The number of rotatable bonds is 8. The van der Waals surface area contributed by atoms with Crippen LogP contribution in [0.5, 0.6) is 0 Å². The Bertz CT molecular complexity index is 740. The number of benzene rings is 1. The zero-order valence-corrected chi connectivity index (χ0v) is 15.1. The topological polar surface area (TPSA) is 123 Å². The quantitative estimate of drug-likeness (QED) is 0.454. The van der Waals surface area contributed by atoms with Crippen LogP contribution in [0.3, 0.4) is 0 Å². The van der Waals surface area contributed by atoms with Crippen molar-refractivity contribution in [1.29, 1.82) is 0 Å². The van der Waals surface area contributed by atoms with Gasteiger partial charge in [0, 0.05) is 0 Å². The van der Waals surface area contributed by atoms with E-state index in [0.717, 1.165) is 5.56 Å². The maximum Gasteiger partial charge on any atom is 0.407 e. The monoisotopic (exact) mass is 391 g/mol. The summed E-state index contributed by atoms with van der Waals surface area (Å²) in [5.74, 6) is -1.16. The van der Waals surface area contributed by atoms with Crippen LogP contribution in [0.15, 0.2) is 30.3 Å². The maximum atomic E-state index is 11.7. The van der Waals surface area contributed by atoms with Crippen LogP contribution in [-0.4, -0.2) is 67.3 Å². The second-order valence-corrected chi connectivity index (χ2v) is 6.34. The average molecular weight is 391 g/mol. The van der Waals surface area contributed by atoms with Crippen molar-refractivity contribution < 1.29 is 33.4 Å². The van der Waals surface area contributed by atoms with Crippen LogP contribution in [0.25, 0.3) is 0 Å². The van der Waals surface area contributed by atoms with Gasteiger partial charge >= 0.3 is 12.1 Å². The van der Waals surface area contributed by atoms with Crippen LogP contribution in [0, 0.1) is 0 Å². The van der Waals surface area contributed by atoms with Gasteiger partial charge in [-0.3, -0.25) is 14.4 Å². The predicted octanol–water partition coefficient (Wildman–Crippen LogP) is -0.471. The summed E-state index contributed by atoms with van der Waals surface area (Å²) in [6, 6.07) is 9.11. The summed E-state index contributed by atoms with van der Waals surface area (Å²) in [4.78, 5) is 47.7. The highest BCUT2D eigenvalue weighted by atomic mass is 16.6. The minimum Gasteiger partial charge on any atom is -0.462 e. The molecule has 0 spiro atoms. The van der Waals surface area contributed by atoms with Crippen molar-refractivity contribution in [2.24, 2.45) is 0 Å². The van der Waals surface area contributed by atoms with Gasteiger partial charge in [-0.1, -0.05) is 30.3 Å². The SMILES string of the molecule is O=C(CNC(=O)OCc1ccccc1)NCC(=O)OCC1CN2C(=O)CC2O1. The molecule has 2 aliphatic rings. The lowest BCUT2D eigenvalue weighted by Crippen LogP contribution is -2.48. The second kappa shape index (κ2) is 9.18. The molecule has 3 rings (SSSR count). The van der Waals surface area contributed by atoms with E-state index in [1.165, 1.54) is 0 Å².